The van der Waals surface area contributed by atoms with Crippen LogP contribution in [0.25, 0.3) is 0 Å². The van der Waals surface area contributed by atoms with Gasteiger partial charge < -0.3 is 4.74 Å². The van der Waals surface area contributed by atoms with Crippen molar-refractivity contribution in [1.29, 1.82) is 0 Å². The third-order valence-electron chi connectivity index (χ3n) is 3.61. The number of hydrogen-bond acceptors (Lipinski definition) is 3. The van der Waals surface area contributed by atoms with Crippen molar-refractivity contribution >= 4 is 15.7 Å². The Bertz CT molecular complexity index is 697. The van der Waals surface area contributed by atoms with Gasteiger partial charge in [-0.3, -0.25) is 4.31 Å². The second kappa shape index (κ2) is 8.02. The topological polar surface area (TPSA) is 46.6 Å². The van der Waals surface area contributed by atoms with Crippen LogP contribution in [0, 0.1) is 0 Å². The molecule has 0 saturated heterocycles. The summed E-state index contributed by atoms with van der Waals surface area (Å²) in [4.78, 5) is 0. The summed E-state index contributed by atoms with van der Waals surface area (Å²) < 4.78 is 32.0. The van der Waals surface area contributed by atoms with Crippen LogP contribution in [0.5, 0.6) is 5.75 Å². The zero-order valence-electron chi connectivity index (χ0n) is 13.6. The Balaban J connectivity index is 1.97. The largest absolute Gasteiger partial charge is 0.492 e. The van der Waals surface area contributed by atoms with Gasteiger partial charge in [-0.05, 0) is 43.2 Å². The van der Waals surface area contributed by atoms with Crippen LogP contribution in [0.1, 0.15) is 19.4 Å². The van der Waals surface area contributed by atoms with Crippen LogP contribution in [-0.2, 0) is 16.4 Å². The van der Waals surface area contributed by atoms with Gasteiger partial charge in [-0.25, -0.2) is 8.42 Å². The van der Waals surface area contributed by atoms with Gasteiger partial charge in [0.1, 0.15) is 18.1 Å². The number of anilines is 1. The quantitative estimate of drug-likeness (QED) is 0.743. The maximum Gasteiger partial charge on any atom is 0.238 e. The van der Waals surface area contributed by atoms with Crippen molar-refractivity contribution in [3.05, 3.63) is 60.2 Å². The fraction of sp³-hybridized carbons (Fsp3) is 0.333. The minimum absolute atomic E-state index is 0.0503. The molecule has 2 aromatic rings. The van der Waals surface area contributed by atoms with E-state index in [0.29, 0.717) is 18.0 Å². The minimum Gasteiger partial charge on any atom is -0.492 e. The lowest BCUT2D eigenvalue weighted by atomic mass is 10.2. The molecule has 124 valence electrons. The zero-order chi connectivity index (χ0) is 16.7. The number of rotatable bonds is 8. The van der Waals surface area contributed by atoms with Crippen LogP contribution < -0.4 is 9.04 Å². The van der Waals surface area contributed by atoms with Gasteiger partial charge in [0.25, 0.3) is 0 Å². The molecule has 2 aromatic carbocycles. The number of hydrogen-bond donors (Lipinski definition) is 0. The molecule has 0 unspecified atom stereocenters. The molecule has 0 spiro atoms. The van der Waals surface area contributed by atoms with Crippen LogP contribution in [0.15, 0.2) is 54.6 Å². The number of nitrogens with zero attached hydrogens (tertiary/aromatic N) is 1. The highest BCUT2D eigenvalue weighted by Gasteiger charge is 2.20. The van der Waals surface area contributed by atoms with Crippen LogP contribution in [0.3, 0.4) is 0 Å². The molecule has 0 aliphatic heterocycles. The number of para-hydroxylation sites is 1. The molecule has 5 heteroatoms. The van der Waals surface area contributed by atoms with Crippen molar-refractivity contribution in [1.82, 2.24) is 0 Å². The monoisotopic (exact) mass is 333 g/mol. The molecule has 0 bridgehead atoms. The number of sulfonamides is 1. The van der Waals surface area contributed by atoms with E-state index >= 15 is 0 Å². The lowest BCUT2D eigenvalue weighted by Crippen LogP contribution is -2.34. The average molecular weight is 333 g/mol. The Hall–Kier alpha value is -2.01. The third-order valence-corrected chi connectivity index (χ3v) is 5.43. The highest BCUT2D eigenvalue weighted by molar-refractivity contribution is 7.92. The lowest BCUT2D eigenvalue weighted by Gasteiger charge is -2.22. The average Bonchev–Trinajstić information content (AvgIpc) is 2.56. The van der Waals surface area contributed by atoms with Gasteiger partial charge in [0.05, 0.1) is 5.69 Å². The molecule has 0 N–H and O–H groups in total. The Kier molecular flexibility index (Phi) is 6.04. The van der Waals surface area contributed by atoms with Crippen molar-refractivity contribution in [2.45, 2.75) is 20.3 Å². The van der Waals surface area contributed by atoms with Crippen molar-refractivity contribution < 1.29 is 13.2 Å². The van der Waals surface area contributed by atoms with Gasteiger partial charge >= 0.3 is 0 Å². The molecule has 0 heterocycles. The molecule has 0 atom stereocenters. The molecule has 0 aliphatic rings. The lowest BCUT2D eigenvalue weighted by molar-refractivity contribution is 0.340. The van der Waals surface area contributed by atoms with E-state index in [9.17, 15) is 8.42 Å². The SMILES string of the molecule is CCc1ccc(OCCS(=O)(=O)N(CC)c2ccccc2)cc1. The summed E-state index contributed by atoms with van der Waals surface area (Å²) in [5.41, 5.74) is 1.91. The van der Waals surface area contributed by atoms with E-state index < -0.39 is 10.0 Å². The zero-order valence-corrected chi connectivity index (χ0v) is 14.4. The van der Waals surface area contributed by atoms with Crippen LogP contribution in [0.2, 0.25) is 0 Å². The van der Waals surface area contributed by atoms with E-state index in [1.165, 1.54) is 9.87 Å². The minimum atomic E-state index is -3.40. The standard InChI is InChI=1S/C18H23NO3S/c1-3-16-10-12-18(13-11-16)22-14-15-23(20,21)19(4-2)17-8-6-5-7-9-17/h5-13H,3-4,14-15H2,1-2H3. The second-order valence-electron chi connectivity index (χ2n) is 5.16. The first kappa shape index (κ1) is 17.3. The molecule has 0 amide bonds. The Morgan fingerprint density at radius 2 is 1.61 bits per heavy atom. The summed E-state index contributed by atoms with van der Waals surface area (Å²) in [5, 5.41) is 0. The van der Waals surface area contributed by atoms with E-state index in [0.717, 1.165) is 6.42 Å². The van der Waals surface area contributed by atoms with Gasteiger partial charge in [-0.15, -0.1) is 0 Å². The first-order chi connectivity index (χ1) is 11.1. The van der Waals surface area contributed by atoms with E-state index in [-0.39, 0.29) is 12.4 Å². The Morgan fingerprint density at radius 1 is 0.957 bits per heavy atom. The van der Waals surface area contributed by atoms with Gasteiger partial charge in [0.2, 0.25) is 10.0 Å². The third kappa shape index (κ3) is 4.73. The predicted molar refractivity (Wildman–Crippen MR) is 94.6 cm³/mol. The van der Waals surface area contributed by atoms with Crippen LogP contribution in [0.4, 0.5) is 5.69 Å². The first-order valence-electron chi connectivity index (χ1n) is 7.84. The van der Waals surface area contributed by atoms with Crippen molar-refractivity contribution in [2.75, 3.05) is 23.2 Å². The fourth-order valence-corrected chi connectivity index (χ4v) is 3.68. The highest BCUT2D eigenvalue weighted by Crippen LogP contribution is 2.18. The molecular weight excluding hydrogens is 310 g/mol. The van der Waals surface area contributed by atoms with Gasteiger partial charge in [0, 0.05) is 6.54 Å². The van der Waals surface area contributed by atoms with Crippen LogP contribution >= 0.6 is 0 Å². The van der Waals surface area contributed by atoms with Crippen molar-refractivity contribution in [2.24, 2.45) is 0 Å². The number of ether oxygens (including phenoxy) is 1. The molecule has 0 fully saturated rings. The maximum atomic E-state index is 12.5. The number of aryl methyl sites for hydroxylation is 1. The molecule has 0 saturated carbocycles. The summed E-state index contributed by atoms with van der Waals surface area (Å²) in [7, 11) is -3.40. The van der Waals surface area contributed by atoms with E-state index in [1.807, 2.05) is 49.4 Å². The fourth-order valence-electron chi connectivity index (χ4n) is 2.33. The molecular formula is C18H23NO3S. The molecule has 4 nitrogen and oxygen atoms in total. The summed E-state index contributed by atoms with van der Waals surface area (Å²) >= 11 is 0. The van der Waals surface area contributed by atoms with Gasteiger partial charge in [-0.1, -0.05) is 37.3 Å². The molecule has 0 aromatic heterocycles. The van der Waals surface area contributed by atoms with E-state index in [4.69, 9.17) is 4.74 Å². The highest BCUT2D eigenvalue weighted by atomic mass is 32.2. The van der Waals surface area contributed by atoms with Gasteiger partial charge in [0.15, 0.2) is 0 Å². The first-order valence-corrected chi connectivity index (χ1v) is 9.45. The maximum absolute atomic E-state index is 12.5. The predicted octanol–water partition coefficient (Wildman–Crippen LogP) is 3.48. The molecule has 0 aliphatic carbocycles. The molecule has 23 heavy (non-hydrogen) atoms. The van der Waals surface area contributed by atoms with Gasteiger partial charge in [-0.2, -0.15) is 0 Å². The Labute approximate surface area is 138 Å². The summed E-state index contributed by atoms with van der Waals surface area (Å²) in [6.45, 7) is 4.45. The summed E-state index contributed by atoms with van der Waals surface area (Å²) in [5.74, 6) is 0.644. The Morgan fingerprint density at radius 3 is 2.17 bits per heavy atom. The molecule has 2 rings (SSSR count). The second-order valence-corrected chi connectivity index (χ2v) is 7.18. The van der Waals surface area contributed by atoms with Crippen molar-refractivity contribution in [3.8, 4) is 5.75 Å². The smallest absolute Gasteiger partial charge is 0.238 e. The molecule has 0 radical (unpaired) electrons. The van der Waals surface area contributed by atoms with Crippen LogP contribution in [-0.4, -0.2) is 27.3 Å². The summed E-state index contributed by atoms with van der Waals surface area (Å²) in [6.07, 6.45) is 0.969. The van der Waals surface area contributed by atoms with Crippen molar-refractivity contribution in [3.63, 3.8) is 0 Å². The van der Waals surface area contributed by atoms with E-state index in [1.54, 1.807) is 12.1 Å². The number of benzene rings is 2. The van der Waals surface area contributed by atoms with E-state index in [2.05, 4.69) is 6.92 Å². The summed E-state index contributed by atoms with van der Waals surface area (Å²) in [6, 6.07) is 16.9. The normalized spacial score (nSPS) is 11.2.